The van der Waals surface area contributed by atoms with Gasteiger partial charge in [-0.1, -0.05) is 44.2 Å². The molecule has 1 unspecified atom stereocenters. The van der Waals surface area contributed by atoms with Crippen molar-refractivity contribution in [2.45, 2.75) is 44.6 Å². The molecule has 4 heteroatoms. The number of halogens is 1. The molecule has 0 aliphatic carbocycles. The molecule has 1 aliphatic rings. The van der Waals surface area contributed by atoms with E-state index in [-0.39, 0.29) is 29.8 Å². The number of hydrogen-bond donors (Lipinski definition) is 2. The molecule has 0 bridgehead atoms. The molecule has 2 N–H and O–H groups in total. The molecule has 1 fully saturated rings. The minimum atomic E-state index is -0.385. The quantitative estimate of drug-likeness (QED) is 0.877. The van der Waals surface area contributed by atoms with E-state index in [0.717, 1.165) is 37.9 Å². The summed E-state index contributed by atoms with van der Waals surface area (Å²) in [4.78, 5) is 12.7. The number of amides is 1. The summed E-state index contributed by atoms with van der Waals surface area (Å²) in [6.45, 7) is 6.09. The Kier molecular flexibility index (Phi) is 6.50. The SMILES string of the molecule is CCC(CC)(C(=O)NC1CCNC1)c1ccccc1.Cl. The maximum absolute atomic E-state index is 12.7. The van der Waals surface area contributed by atoms with Gasteiger partial charge in [-0.25, -0.2) is 0 Å². The Balaban J connectivity index is 0.00000200. The fraction of sp³-hybridized carbons (Fsp3) is 0.562. The number of benzene rings is 1. The first-order valence-corrected chi connectivity index (χ1v) is 7.30. The summed E-state index contributed by atoms with van der Waals surface area (Å²) < 4.78 is 0. The average Bonchev–Trinajstić information content (AvgIpc) is 2.95. The zero-order chi connectivity index (χ0) is 13.7. The maximum atomic E-state index is 12.7. The van der Waals surface area contributed by atoms with Crippen molar-refractivity contribution in [1.82, 2.24) is 10.6 Å². The first-order valence-electron chi connectivity index (χ1n) is 7.30. The lowest BCUT2D eigenvalue weighted by molar-refractivity contribution is -0.127. The van der Waals surface area contributed by atoms with Crippen LogP contribution in [0.2, 0.25) is 0 Å². The van der Waals surface area contributed by atoms with Crippen molar-refractivity contribution in [3.8, 4) is 0 Å². The van der Waals surface area contributed by atoms with E-state index in [1.807, 2.05) is 18.2 Å². The minimum Gasteiger partial charge on any atom is -0.351 e. The molecule has 1 aromatic carbocycles. The van der Waals surface area contributed by atoms with Crippen LogP contribution in [0.1, 0.15) is 38.7 Å². The summed E-state index contributed by atoms with van der Waals surface area (Å²) in [5.74, 6) is 0.178. The molecule has 0 radical (unpaired) electrons. The summed E-state index contributed by atoms with van der Waals surface area (Å²) in [5, 5.41) is 6.51. The number of carbonyl (C=O) groups is 1. The highest BCUT2D eigenvalue weighted by atomic mass is 35.5. The second kappa shape index (κ2) is 7.65. The Morgan fingerprint density at radius 1 is 1.30 bits per heavy atom. The molecule has 3 nitrogen and oxygen atoms in total. The molecule has 1 aromatic rings. The van der Waals surface area contributed by atoms with E-state index in [9.17, 15) is 4.79 Å². The third kappa shape index (κ3) is 3.33. The Bertz CT molecular complexity index is 412. The van der Waals surface area contributed by atoms with E-state index in [1.54, 1.807) is 0 Å². The van der Waals surface area contributed by atoms with Gasteiger partial charge in [0.2, 0.25) is 5.91 Å². The molecule has 0 saturated carbocycles. The Morgan fingerprint density at radius 3 is 2.45 bits per heavy atom. The van der Waals surface area contributed by atoms with Crippen LogP contribution in [0.25, 0.3) is 0 Å². The monoisotopic (exact) mass is 296 g/mol. The number of nitrogens with one attached hydrogen (secondary N) is 2. The van der Waals surface area contributed by atoms with Gasteiger partial charge < -0.3 is 10.6 Å². The van der Waals surface area contributed by atoms with Gasteiger partial charge in [-0.05, 0) is 31.4 Å². The predicted octanol–water partition coefficient (Wildman–Crippen LogP) is 2.64. The van der Waals surface area contributed by atoms with Crippen LogP contribution >= 0.6 is 12.4 Å². The summed E-state index contributed by atoms with van der Waals surface area (Å²) in [6, 6.07) is 10.4. The molecule has 112 valence electrons. The van der Waals surface area contributed by atoms with Gasteiger partial charge >= 0.3 is 0 Å². The third-order valence-corrected chi connectivity index (χ3v) is 4.36. The number of carbonyl (C=O) groups excluding carboxylic acids is 1. The molecular weight excluding hydrogens is 272 g/mol. The molecule has 20 heavy (non-hydrogen) atoms. The zero-order valence-electron chi connectivity index (χ0n) is 12.3. The van der Waals surface area contributed by atoms with Gasteiger partial charge in [0.05, 0.1) is 5.41 Å². The smallest absolute Gasteiger partial charge is 0.230 e. The van der Waals surface area contributed by atoms with Crippen LogP contribution in [0.15, 0.2) is 30.3 Å². The average molecular weight is 297 g/mol. The largest absolute Gasteiger partial charge is 0.351 e. The lowest BCUT2D eigenvalue weighted by atomic mass is 9.75. The highest BCUT2D eigenvalue weighted by molar-refractivity contribution is 5.88. The van der Waals surface area contributed by atoms with Crippen molar-refractivity contribution in [1.29, 1.82) is 0 Å². The Morgan fingerprint density at radius 2 is 1.95 bits per heavy atom. The highest BCUT2D eigenvalue weighted by Gasteiger charge is 2.37. The summed E-state index contributed by atoms with van der Waals surface area (Å²) >= 11 is 0. The number of hydrogen-bond acceptors (Lipinski definition) is 2. The van der Waals surface area contributed by atoms with Crippen molar-refractivity contribution in [3.63, 3.8) is 0 Å². The van der Waals surface area contributed by atoms with Gasteiger partial charge in [0, 0.05) is 12.6 Å². The Hall–Kier alpha value is -1.06. The van der Waals surface area contributed by atoms with E-state index >= 15 is 0 Å². The van der Waals surface area contributed by atoms with Gasteiger partial charge in [-0.2, -0.15) is 0 Å². The van der Waals surface area contributed by atoms with Gasteiger partial charge in [0.1, 0.15) is 0 Å². The van der Waals surface area contributed by atoms with Crippen molar-refractivity contribution < 1.29 is 4.79 Å². The van der Waals surface area contributed by atoms with Crippen LogP contribution in [0.4, 0.5) is 0 Å². The minimum absolute atomic E-state index is 0. The lowest BCUT2D eigenvalue weighted by Crippen LogP contribution is -2.48. The molecular formula is C16H25ClN2O. The first kappa shape index (κ1) is 17.0. The molecule has 1 heterocycles. The van der Waals surface area contributed by atoms with E-state index < -0.39 is 0 Å². The van der Waals surface area contributed by atoms with Crippen LogP contribution in [-0.2, 0) is 10.2 Å². The van der Waals surface area contributed by atoms with Gasteiger partial charge in [-0.15, -0.1) is 12.4 Å². The van der Waals surface area contributed by atoms with Gasteiger partial charge in [0.15, 0.2) is 0 Å². The zero-order valence-corrected chi connectivity index (χ0v) is 13.1. The van der Waals surface area contributed by atoms with E-state index in [2.05, 4.69) is 36.6 Å². The van der Waals surface area contributed by atoms with Gasteiger partial charge in [0.25, 0.3) is 0 Å². The van der Waals surface area contributed by atoms with Crippen LogP contribution in [0.3, 0.4) is 0 Å². The summed E-state index contributed by atoms with van der Waals surface area (Å²) in [6.07, 6.45) is 2.70. The normalized spacial score (nSPS) is 18.4. The van der Waals surface area contributed by atoms with Crippen molar-refractivity contribution in [3.05, 3.63) is 35.9 Å². The van der Waals surface area contributed by atoms with Crippen LogP contribution in [0, 0.1) is 0 Å². The number of rotatable bonds is 5. The summed E-state index contributed by atoms with van der Waals surface area (Å²) in [7, 11) is 0. The maximum Gasteiger partial charge on any atom is 0.230 e. The highest BCUT2D eigenvalue weighted by Crippen LogP contribution is 2.32. The molecule has 1 saturated heterocycles. The lowest BCUT2D eigenvalue weighted by Gasteiger charge is -2.32. The van der Waals surface area contributed by atoms with Crippen molar-refractivity contribution >= 4 is 18.3 Å². The standard InChI is InChI=1S/C16H24N2O.ClH/c1-3-16(4-2,13-8-6-5-7-9-13)15(19)18-14-10-11-17-12-14;/h5-9,14,17H,3-4,10-12H2,1-2H3,(H,18,19);1H. The first-order chi connectivity index (χ1) is 9.23. The van der Waals surface area contributed by atoms with Gasteiger partial charge in [-0.3, -0.25) is 4.79 Å². The second-order valence-electron chi connectivity index (χ2n) is 5.32. The molecule has 1 amide bonds. The van der Waals surface area contributed by atoms with E-state index in [0.29, 0.717) is 0 Å². The van der Waals surface area contributed by atoms with Crippen LogP contribution in [-0.4, -0.2) is 25.0 Å². The molecule has 1 aliphatic heterocycles. The third-order valence-electron chi connectivity index (χ3n) is 4.36. The fourth-order valence-electron chi connectivity index (χ4n) is 2.97. The molecule has 2 rings (SSSR count). The molecule has 0 spiro atoms. The molecule has 1 atom stereocenters. The fourth-order valence-corrected chi connectivity index (χ4v) is 2.97. The molecule has 0 aromatic heterocycles. The van der Waals surface area contributed by atoms with Crippen LogP contribution < -0.4 is 10.6 Å². The Labute approximate surface area is 127 Å². The van der Waals surface area contributed by atoms with Crippen molar-refractivity contribution in [2.24, 2.45) is 0 Å². The topological polar surface area (TPSA) is 41.1 Å². The predicted molar refractivity (Wildman–Crippen MR) is 85.4 cm³/mol. The van der Waals surface area contributed by atoms with E-state index in [4.69, 9.17) is 0 Å². The second-order valence-corrected chi connectivity index (χ2v) is 5.32. The van der Waals surface area contributed by atoms with Crippen molar-refractivity contribution in [2.75, 3.05) is 13.1 Å². The van der Waals surface area contributed by atoms with Crippen LogP contribution in [0.5, 0.6) is 0 Å². The summed E-state index contributed by atoms with van der Waals surface area (Å²) in [5.41, 5.74) is 0.743. The van der Waals surface area contributed by atoms with E-state index in [1.165, 1.54) is 0 Å².